The highest BCUT2D eigenvalue weighted by molar-refractivity contribution is 5.67. The van der Waals surface area contributed by atoms with Gasteiger partial charge < -0.3 is 10.1 Å². The number of alkyl carbamates (subject to hydrolysis) is 1. The average Bonchev–Trinajstić information content (AvgIpc) is 2.40. The van der Waals surface area contributed by atoms with E-state index in [-0.39, 0.29) is 6.42 Å². The molecule has 0 aromatic carbocycles. The van der Waals surface area contributed by atoms with Crippen LogP contribution in [0.1, 0.15) is 6.42 Å². The minimum Gasteiger partial charge on any atom is -0.440 e. The lowest BCUT2D eigenvalue weighted by molar-refractivity contribution is 0.0423. The van der Waals surface area contributed by atoms with Gasteiger partial charge in [-0.2, -0.15) is 0 Å². The summed E-state index contributed by atoms with van der Waals surface area (Å²) in [4.78, 5) is 10.3. The molecule has 1 aliphatic rings. The van der Waals surface area contributed by atoms with Gasteiger partial charge in [0.2, 0.25) is 0 Å². The molecule has 3 nitrogen and oxygen atoms in total. The van der Waals surface area contributed by atoms with Crippen molar-refractivity contribution in [3.63, 3.8) is 0 Å². The Morgan fingerprint density at radius 1 is 1.80 bits per heavy atom. The number of alkyl halides is 2. The Bertz CT molecular complexity index is 160. The molecule has 1 aliphatic carbocycles. The maximum absolute atomic E-state index is 12.0. The third-order valence-electron chi connectivity index (χ3n) is 1.22. The fourth-order valence-electron chi connectivity index (χ4n) is 0.504. The van der Waals surface area contributed by atoms with Crippen molar-refractivity contribution < 1.29 is 18.3 Å². The Labute approximate surface area is 56.3 Å². The van der Waals surface area contributed by atoms with E-state index in [2.05, 4.69) is 10.1 Å². The molecule has 0 spiro atoms. The van der Waals surface area contributed by atoms with E-state index in [1.807, 2.05) is 0 Å². The van der Waals surface area contributed by atoms with E-state index in [0.717, 1.165) is 0 Å². The summed E-state index contributed by atoms with van der Waals surface area (Å²) in [5.74, 6) is -2.79. The van der Waals surface area contributed by atoms with Crippen molar-refractivity contribution in [1.29, 1.82) is 0 Å². The molecule has 0 aliphatic heterocycles. The number of hydrogen-bond acceptors (Lipinski definition) is 2. The topological polar surface area (TPSA) is 38.3 Å². The summed E-state index contributed by atoms with van der Waals surface area (Å²) < 4.78 is 28.2. The molecular weight excluding hydrogens is 144 g/mol. The van der Waals surface area contributed by atoms with Crippen molar-refractivity contribution in [1.82, 2.24) is 5.32 Å². The van der Waals surface area contributed by atoms with Gasteiger partial charge in [-0.25, -0.2) is 13.6 Å². The van der Waals surface area contributed by atoms with E-state index in [9.17, 15) is 13.6 Å². The molecule has 58 valence electrons. The first-order valence-corrected chi connectivity index (χ1v) is 2.82. The highest BCUT2D eigenvalue weighted by Crippen LogP contribution is 2.44. The highest BCUT2D eigenvalue weighted by atomic mass is 19.3. The Hall–Kier alpha value is -0.870. The largest absolute Gasteiger partial charge is 0.440 e. The first-order chi connectivity index (χ1) is 4.56. The van der Waals surface area contributed by atoms with E-state index in [1.54, 1.807) is 0 Å². The standard InChI is InChI=1S/C5H7F2NO2/c1-8-4(9)10-3-2-5(3,6)7/h3H,2H2,1H3,(H,8,9). The summed E-state index contributed by atoms with van der Waals surface area (Å²) in [6, 6.07) is 0. The SMILES string of the molecule is CNC(=O)OC1CC1(F)F. The molecule has 0 aromatic heterocycles. The van der Waals surface area contributed by atoms with Crippen LogP contribution >= 0.6 is 0 Å². The van der Waals surface area contributed by atoms with Crippen LogP contribution in [0.3, 0.4) is 0 Å². The monoisotopic (exact) mass is 151 g/mol. The van der Waals surface area contributed by atoms with E-state index in [4.69, 9.17) is 0 Å². The van der Waals surface area contributed by atoms with Gasteiger partial charge in [0.05, 0.1) is 6.42 Å². The highest BCUT2D eigenvalue weighted by Gasteiger charge is 2.60. The van der Waals surface area contributed by atoms with Crippen molar-refractivity contribution >= 4 is 6.09 Å². The molecule has 1 atom stereocenters. The molecule has 10 heavy (non-hydrogen) atoms. The van der Waals surface area contributed by atoms with Gasteiger partial charge in [-0.05, 0) is 0 Å². The van der Waals surface area contributed by atoms with Crippen LogP contribution in [0.15, 0.2) is 0 Å². The van der Waals surface area contributed by atoms with Gasteiger partial charge in [0.15, 0.2) is 6.10 Å². The van der Waals surface area contributed by atoms with Gasteiger partial charge in [-0.1, -0.05) is 0 Å². The van der Waals surface area contributed by atoms with E-state index >= 15 is 0 Å². The molecule has 5 heteroatoms. The zero-order chi connectivity index (χ0) is 7.78. The van der Waals surface area contributed by atoms with Crippen molar-refractivity contribution in [3.05, 3.63) is 0 Å². The van der Waals surface area contributed by atoms with Crippen LogP contribution in [-0.4, -0.2) is 25.2 Å². The number of nitrogens with one attached hydrogen (secondary N) is 1. The predicted molar refractivity (Wildman–Crippen MR) is 28.9 cm³/mol. The lowest BCUT2D eigenvalue weighted by Crippen LogP contribution is -2.22. The van der Waals surface area contributed by atoms with Gasteiger partial charge in [-0.3, -0.25) is 0 Å². The number of rotatable bonds is 1. The minimum atomic E-state index is -2.79. The fourth-order valence-corrected chi connectivity index (χ4v) is 0.504. The lowest BCUT2D eigenvalue weighted by atomic mass is 10.8. The number of halogens is 2. The summed E-state index contributed by atoms with van der Waals surface area (Å²) in [6.07, 6.45) is -2.35. The predicted octanol–water partition coefficient (Wildman–Crippen LogP) is 0.750. The third kappa shape index (κ3) is 1.34. The number of amides is 1. The molecule has 1 unspecified atom stereocenters. The lowest BCUT2D eigenvalue weighted by Gasteiger charge is -2.00. The van der Waals surface area contributed by atoms with Crippen molar-refractivity contribution in [2.75, 3.05) is 7.05 Å². The Kier molecular flexibility index (Phi) is 1.50. The van der Waals surface area contributed by atoms with Crippen LogP contribution in [0.2, 0.25) is 0 Å². The molecule has 0 heterocycles. The van der Waals surface area contributed by atoms with Crippen LogP contribution in [0.25, 0.3) is 0 Å². The Morgan fingerprint density at radius 2 is 2.30 bits per heavy atom. The Balaban J connectivity index is 2.24. The second kappa shape index (κ2) is 2.07. The normalized spacial score (nSPS) is 27.3. The van der Waals surface area contributed by atoms with Crippen molar-refractivity contribution in [2.24, 2.45) is 0 Å². The first-order valence-electron chi connectivity index (χ1n) is 2.82. The molecular formula is C5H7F2NO2. The van der Waals surface area contributed by atoms with Gasteiger partial charge in [0.1, 0.15) is 0 Å². The molecule has 0 aromatic rings. The Morgan fingerprint density at radius 3 is 2.60 bits per heavy atom. The number of carbonyl (C=O) groups excluding carboxylic acids is 1. The smallest absolute Gasteiger partial charge is 0.407 e. The zero-order valence-corrected chi connectivity index (χ0v) is 5.36. The van der Waals surface area contributed by atoms with E-state index in [0.29, 0.717) is 0 Å². The van der Waals surface area contributed by atoms with Crippen molar-refractivity contribution in [2.45, 2.75) is 18.4 Å². The van der Waals surface area contributed by atoms with Gasteiger partial charge in [0, 0.05) is 7.05 Å². The van der Waals surface area contributed by atoms with Crippen LogP contribution in [0, 0.1) is 0 Å². The summed E-state index contributed by atoms with van der Waals surface area (Å²) in [6.45, 7) is 0. The second-order valence-electron chi connectivity index (χ2n) is 2.11. The summed E-state index contributed by atoms with van der Waals surface area (Å²) in [5, 5.41) is 2.08. The average molecular weight is 151 g/mol. The molecule has 0 radical (unpaired) electrons. The van der Waals surface area contributed by atoms with Crippen LogP contribution in [0.4, 0.5) is 13.6 Å². The maximum Gasteiger partial charge on any atom is 0.407 e. The number of hydrogen-bond donors (Lipinski definition) is 1. The van der Waals surface area contributed by atoms with Gasteiger partial charge in [-0.15, -0.1) is 0 Å². The van der Waals surface area contributed by atoms with Crippen molar-refractivity contribution in [3.8, 4) is 0 Å². The van der Waals surface area contributed by atoms with Crippen LogP contribution in [-0.2, 0) is 4.74 Å². The van der Waals surface area contributed by atoms with E-state index in [1.165, 1.54) is 7.05 Å². The minimum absolute atomic E-state index is 0.347. The molecule has 1 amide bonds. The molecule has 1 saturated carbocycles. The maximum atomic E-state index is 12.0. The van der Waals surface area contributed by atoms with Gasteiger partial charge in [0.25, 0.3) is 5.92 Å². The fraction of sp³-hybridized carbons (Fsp3) is 0.800. The quantitative estimate of drug-likeness (QED) is 0.600. The third-order valence-corrected chi connectivity index (χ3v) is 1.22. The van der Waals surface area contributed by atoms with Crippen LogP contribution < -0.4 is 5.32 Å². The summed E-state index contributed by atoms with van der Waals surface area (Å²) in [5.41, 5.74) is 0. The number of ether oxygens (including phenoxy) is 1. The number of carbonyl (C=O) groups is 1. The van der Waals surface area contributed by atoms with Gasteiger partial charge >= 0.3 is 6.09 Å². The molecule has 0 saturated heterocycles. The summed E-state index contributed by atoms with van der Waals surface area (Å²) in [7, 11) is 1.32. The summed E-state index contributed by atoms with van der Waals surface area (Å²) >= 11 is 0. The molecule has 0 bridgehead atoms. The second-order valence-corrected chi connectivity index (χ2v) is 2.11. The van der Waals surface area contributed by atoms with E-state index < -0.39 is 18.1 Å². The van der Waals surface area contributed by atoms with Crippen LogP contribution in [0.5, 0.6) is 0 Å². The zero-order valence-electron chi connectivity index (χ0n) is 5.36. The molecule has 1 rings (SSSR count). The first kappa shape index (κ1) is 7.24. The molecule has 1 N–H and O–H groups in total. The molecule has 1 fully saturated rings.